The number of likely N-dealkylation sites (N-methyl/N-ethyl adjacent to an activating group) is 1. The van der Waals surface area contributed by atoms with Gasteiger partial charge >= 0.3 is 0 Å². The maximum Gasteiger partial charge on any atom is 0.151 e. The Morgan fingerprint density at radius 2 is 2.29 bits per heavy atom. The first-order valence-corrected chi connectivity index (χ1v) is 4.45. The van der Waals surface area contributed by atoms with Crippen LogP contribution in [0, 0.1) is 0 Å². The van der Waals surface area contributed by atoms with Gasteiger partial charge in [0, 0.05) is 18.3 Å². The third-order valence-corrected chi connectivity index (χ3v) is 1.76. The predicted octanol–water partition coefficient (Wildman–Crippen LogP) is 1.23. The number of allylic oxidation sites excluding steroid dienone is 1. The summed E-state index contributed by atoms with van der Waals surface area (Å²) in [5.74, 6) is 0. The van der Waals surface area contributed by atoms with Crippen molar-refractivity contribution in [1.29, 1.82) is 0 Å². The molecule has 0 aliphatic rings. The van der Waals surface area contributed by atoms with Crippen molar-refractivity contribution in [3.63, 3.8) is 0 Å². The zero-order valence-corrected chi connectivity index (χ0v) is 8.47. The van der Waals surface area contributed by atoms with Crippen LogP contribution in [0.4, 0.5) is 0 Å². The Balaban J connectivity index is 2.82. The maximum atomic E-state index is 10.8. The van der Waals surface area contributed by atoms with Crippen LogP contribution in [0.5, 0.6) is 0 Å². The van der Waals surface area contributed by atoms with Crippen LogP contribution in [0.2, 0.25) is 0 Å². The summed E-state index contributed by atoms with van der Waals surface area (Å²) in [6, 6.07) is 5.53. The van der Waals surface area contributed by atoms with E-state index >= 15 is 0 Å². The molecule has 0 spiro atoms. The van der Waals surface area contributed by atoms with Crippen LogP contribution in [0.3, 0.4) is 0 Å². The van der Waals surface area contributed by atoms with Crippen LogP contribution < -0.4 is 0 Å². The molecule has 0 aliphatic heterocycles. The number of aromatic nitrogens is 1. The molecule has 0 saturated carbocycles. The minimum atomic E-state index is 0.638. The summed E-state index contributed by atoms with van der Waals surface area (Å²) in [5.41, 5.74) is 1.36. The van der Waals surface area contributed by atoms with Gasteiger partial charge in [-0.1, -0.05) is 12.1 Å². The largest absolute Gasteiger partial charge is 0.306 e. The molecule has 0 saturated heterocycles. The van der Waals surface area contributed by atoms with E-state index in [1.165, 1.54) is 0 Å². The van der Waals surface area contributed by atoms with Crippen molar-refractivity contribution in [2.45, 2.75) is 0 Å². The molecule has 0 atom stereocenters. The van der Waals surface area contributed by atoms with Gasteiger partial charge in [-0.3, -0.25) is 9.78 Å². The molecule has 0 amide bonds. The number of hydrogen-bond donors (Lipinski definition) is 0. The van der Waals surface area contributed by atoms with Gasteiger partial charge in [-0.25, -0.2) is 0 Å². The van der Waals surface area contributed by atoms with E-state index in [1.54, 1.807) is 6.20 Å². The lowest BCUT2D eigenvalue weighted by molar-refractivity contribution is -0.103. The van der Waals surface area contributed by atoms with Crippen molar-refractivity contribution in [2.75, 3.05) is 20.6 Å². The first kappa shape index (κ1) is 10.6. The standard InChI is InChI=1S/C11H14N2O/c1-13(2)8-6-10(9-14)11-5-3-4-7-12-11/h3-7,9H,8H2,1-2H3/b10-6-. The second kappa shape index (κ2) is 5.29. The van der Waals surface area contributed by atoms with Crippen molar-refractivity contribution >= 4 is 11.9 Å². The Morgan fingerprint density at radius 3 is 2.79 bits per heavy atom. The molecule has 0 aromatic carbocycles. The zero-order chi connectivity index (χ0) is 10.4. The molecule has 0 fully saturated rings. The third-order valence-electron chi connectivity index (χ3n) is 1.76. The number of nitrogens with zero attached hydrogens (tertiary/aromatic N) is 2. The van der Waals surface area contributed by atoms with Gasteiger partial charge in [-0.2, -0.15) is 0 Å². The number of carbonyl (C=O) groups is 1. The van der Waals surface area contributed by atoms with Crippen LogP contribution in [0.15, 0.2) is 30.5 Å². The molecule has 3 heteroatoms. The van der Waals surface area contributed by atoms with E-state index in [2.05, 4.69) is 4.98 Å². The highest BCUT2D eigenvalue weighted by Crippen LogP contribution is 2.07. The van der Waals surface area contributed by atoms with E-state index in [0.717, 1.165) is 18.5 Å². The second-order valence-corrected chi connectivity index (χ2v) is 3.25. The van der Waals surface area contributed by atoms with Gasteiger partial charge in [0.1, 0.15) is 0 Å². The fourth-order valence-electron chi connectivity index (χ4n) is 1.03. The van der Waals surface area contributed by atoms with Gasteiger partial charge in [-0.15, -0.1) is 0 Å². The molecular weight excluding hydrogens is 176 g/mol. The van der Waals surface area contributed by atoms with Crippen molar-refractivity contribution < 1.29 is 4.79 Å². The number of pyridine rings is 1. The van der Waals surface area contributed by atoms with E-state index in [9.17, 15) is 4.79 Å². The molecule has 0 aliphatic carbocycles. The van der Waals surface area contributed by atoms with Gasteiger partial charge in [0.15, 0.2) is 6.29 Å². The van der Waals surface area contributed by atoms with Crippen LogP contribution in [-0.2, 0) is 4.79 Å². The molecule has 1 aromatic rings. The summed E-state index contributed by atoms with van der Waals surface area (Å²) >= 11 is 0. The van der Waals surface area contributed by atoms with E-state index in [-0.39, 0.29) is 0 Å². The van der Waals surface area contributed by atoms with Crippen LogP contribution in [0.1, 0.15) is 5.69 Å². The van der Waals surface area contributed by atoms with E-state index in [1.807, 2.05) is 43.3 Å². The van der Waals surface area contributed by atoms with E-state index in [0.29, 0.717) is 5.57 Å². The number of carbonyl (C=O) groups excluding carboxylic acids is 1. The van der Waals surface area contributed by atoms with Crippen molar-refractivity contribution in [3.8, 4) is 0 Å². The molecule has 0 N–H and O–H groups in total. The lowest BCUT2D eigenvalue weighted by atomic mass is 10.2. The summed E-state index contributed by atoms with van der Waals surface area (Å²) in [6.07, 6.45) is 4.39. The van der Waals surface area contributed by atoms with Gasteiger partial charge in [-0.05, 0) is 26.2 Å². The predicted molar refractivity (Wildman–Crippen MR) is 56.8 cm³/mol. The molecule has 1 heterocycles. The maximum absolute atomic E-state index is 10.8. The minimum absolute atomic E-state index is 0.638. The summed E-state index contributed by atoms with van der Waals surface area (Å²) in [6.45, 7) is 0.741. The molecule has 0 radical (unpaired) electrons. The topological polar surface area (TPSA) is 33.2 Å². The monoisotopic (exact) mass is 190 g/mol. The lowest BCUT2D eigenvalue weighted by Gasteiger charge is -2.05. The summed E-state index contributed by atoms with van der Waals surface area (Å²) < 4.78 is 0. The Hall–Kier alpha value is -1.48. The van der Waals surface area contributed by atoms with Crippen molar-refractivity contribution in [3.05, 3.63) is 36.2 Å². The highest BCUT2D eigenvalue weighted by atomic mass is 16.1. The molecule has 74 valence electrons. The lowest BCUT2D eigenvalue weighted by Crippen LogP contribution is -2.11. The van der Waals surface area contributed by atoms with Gasteiger partial charge in [0.2, 0.25) is 0 Å². The normalized spacial score (nSPS) is 11.8. The first-order valence-electron chi connectivity index (χ1n) is 4.45. The summed E-state index contributed by atoms with van der Waals surface area (Å²) in [7, 11) is 3.91. The highest BCUT2D eigenvalue weighted by molar-refractivity contribution is 6.05. The van der Waals surface area contributed by atoms with Gasteiger partial charge in [0.05, 0.1) is 5.69 Å². The first-order chi connectivity index (χ1) is 6.74. The average Bonchev–Trinajstić information content (AvgIpc) is 2.20. The number of hydrogen-bond acceptors (Lipinski definition) is 3. The van der Waals surface area contributed by atoms with Gasteiger partial charge in [0.25, 0.3) is 0 Å². The Bertz CT molecular complexity index is 317. The van der Waals surface area contributed by atoms with Crippen molar-refractivity contribution in [2.24, 2.45) is 0 Å². The molecule has 0 bridgehead atoms. The van der Waals surface area contributed by atoms with Crippen LogP contribution in [0.25, 0.3) is 5.57 Å². The average molecular weight is 190 g/mol. The van der Waals surface area contributed by atoms with Gasteiger partial charge < -0.3 is 4.90 Å². The fraction of sp³-hybridized carbons (Fsp3) is 0.273. The van der Waals surface area contributed by atoms with E-state index < -0.39 is 0 Å². The Morgan fingerprint density at radius 1 is 1.50 bits per heavy atom. The van der Waals surface area contributed by atoms with Crippen molar-refractivity contribution in [1.82, 2.24) is 9.88 Å². The quantitative estimate of drug-likeness (QED) is 0.529. The molecule has 0 unspecified atom stereocenters. The van der Waals surface area contributed by atoms with Crippen LogP contribution in [-0.4, -0.2) is 36.8 Å². The van der Waals surface area contributed by atoms with Crippen LogP contribution >= 0.6 is 0 Å². The molecule has 1 aromatic heterocycles. The molecule has 1 rings (SSSR count). The van der Waals surface area contributed by atoms with E-state index in [4.69, 9.17) is 0 Å². The molecule has 3 nitrogen and oxygen atoms in total. The Kier molecular flexibility index (Phi) is 4.01. The fourth-order valence-corrected chi connectivity index (χ4v) is 1.03. The number of aldehydes is 1. The zero-order valence-electron chi connectivity index (χ0n) is 8.47. The number of rotatable bonds is 4. The third kappa shape index (κ3) is 3.11. The minimum Gasteiger partial charge on any atom is -0.306 e. The summed E-state index contributed by atoms with van der Waals surface area (Å²) in [4.78, 5) is 16.9. The molecular formula is C11H14N2O. The highest BCUT2D eigenvalue weighted by Gasteiger charge is 1.99. The smallest absolute Gasteiger partial charge is 0.151 e. The molecule has 14 heavy (non-hydrogen) atoms. The second-order valence-electron chi connectivity index (χ2n) is 3.25. The summed E-state index contributed by atoms with van der Waals surface area (Å²) in [5, 5.41) is 0. The SMILES string of the molecule is CN(C)C/C=C(/C=O)c1ccccn1. The Labute approximate surface area is 84.1 Å².